The van der Waals surface area contributed by atoms with Gasteiger partial charge in [-0.1, -0.05) is 37.5 Å². The summed E-state index contributed by atoms with van der Waals surface area (Å²) in [6.07, 6.45) is 5.87. The SMILES string of the molecule is N#Cc1ccccc1COC1CCCCCC1N. The van der Waals surface area contributed by atoms with Crippen LogP contribution in [0.3, 0.4) is 0 Å². The molecule has 96 valence electrons. The van der Waals surface area contributed by atoms with Gasteiger partial charge < -0.3 is 10.5 Å². The molecule has 0 spiro atoms. The average molecular weight is 244 g/mol. The Morgan fingerprint density at radius 2 is 2.00 bits per heavy atom. The first-order valence-corrected chi connectivity index (χ1v) is 6.66. The Balaban J connectivity index is 1.96. The Hall–Kier alpha value is -1.37. The van der Waals surface area contributed by atoms with Gasteiger partial charge in [0.05, 0.1) is 24.3 Å². The molecule has 2 rings (SSSR count). The Labute approximate surface area is 109 Å². The lowest BCUT2D eigenvalue weighted by Gasteiger charge is -2.22. The van der Waals surface area contributed by atoms with Crippen LogP contribution in [0.2, 0.25) is 0 Å². The second-order valence-corrected chi connectivity index (χ2v) is 4.92. The standard InChI is InChI=1S/C15H20N2O/c16-10-12-6-4-5-7-13(12)11-18-15-9-3-1-2-8-14(15)17/h4-7,14-15H,1-3,8-9,11,17H2. The van der Waals surface area contributed by atoms with Crippen LogP contribution >= 0.6 is 0 Å². The maximum Gasteiger partial charge on any atom is 0.0995 e. The molecule has 1 fully saturated rings. The summed E-state index contributed by atoms with van der Waals surface area (Å²) in [5.41, 5.74) is 7.77. The molecule has 3 heteroatoms. The molecular weight excluding hydrogens is 224 g/mol. The molecule has 1 aliphatic carbocycles. The predicted molar refractivity (Wildman–Crippen MR) is 70.8 cm³/mol. The van der Waals surface area contributed by atoms with Crippen LogP contribution in [0.4, 0.5) is 0 Å². The Morgan fingerprint density at radius 1 is 1.22 bits per heavy atom. The van der Waals surface area contributed by atoms with Crippen LogP contribution in [0, 0.1) is 11.3 Å². The zero-order valence-corrected chi connectivity index (χ0v) is 10.6. The smallest absolute Gasteiger partial charge is 0.0995 e. The molecule has 1 aromatic carbocycles. The third-order valence-electron chi connectivity index (χ3n) is 3.59. The second-order valence-electron chi connectivity index (χ2n) is 4.92. The number of nitriles is 1. The highest BCUT2D eigenvalue weighted by Gasteiger charge is 2.21. The van der Waals surface area contributed by atoms with Gasteiger partial charge in [0, 0.05) is 6.04 Å². The van der Waals surface area contributed by atoms with Gasteiger partial charge in [-0.2, -0.15) is 5.26 Å². The highest BCUT2D eigenvalue weighted by Crippen LogP contribution is 2.21. The van der Waals surface area contributed by atoms with Crippen molar-refractivity contribution in [1.82, 2.24) is 0 Å². The first kappa shape index (κ1) is 13.1. The molecule has 0 aliphatic heterocycles. The van der Waals surface area contributed by atoms with E-state index in [0.717, 1.165) is 18.4 Å². The number of hydrogen-bond acceptors (Lipinski definition) is 3. The quantitative estimate of drug-likeness (QED) is 0.832. The van der Waals surface area contributed by atoms with Crippen molar-refractivity contribution < 1.29 is 4.74 Å². The van der Waals surface area contributed by atoms with Crippen molar-refractivity contribution in [3.8, 4) is 6.07 Å². The summed E-state index contributed by atoms with van der Waals surface area (Å²) < 4.78 is 5.93. The lowest BCUT2D eigenvalue weighted by atomic mass is 10.1. The van der Waals surface area contributed by atoms with Crippen LogP contribution in [-0.2, 0) is 11.3 Å². The number of rotatable bonds is 3. The maximum absolute atomic E-state index is 9.02. The van der Waals surface area contributed by atoms with E-state index in [1.54, 1.807) is 0 Å². The monoisotopic (exact) mass is 244 g/mol. The fraction of sp³-hybridized carbons (Fsp3) is 0.533. The van der Waals surface area contributed by atoms with E-state index >= 15 is 0 Å². The highest BCUT2D eigenvalue weighted by atomic mass is 16.5. The van der Waals surface area contributed by atoms with Gasteiger partial charge in [-0.25, -0.2) is 0 Å². The lowest BCUT2D eigenvalue weighted by Crippen LogP contribution is -2.35. The van der Waals surface area contributed by atoms with E-state index in [1.807, 2.05) is 24.3 Å². The Morgan fingerprint density at radius 3 is 2.83 bits per heavy atom. The van der Waals surface area contributed by atoms with E-state index in [2.05, 4.69) is 6.07 Å². The van der Waals surface area contributed by atoms with E-state index in [1.165, 1.54) is 19.3 Å². The molecular formula is C15H20N2O. The lowest BCUT2D eigenvalue weighted by molar-refractivity contribution is 0.0193. The Bertz CT molecular complexity index is 425. The maximum atomic E-state index is 9.02. The van der Waals surface area contributed by atoms with E-state index in [4.69, 9.17) is 15.7 Å². The van der Waals surface area contributed by atoms with Gasteiger partial charge in [0.15, 0.2) is 0 Å². The van der Waals surface area contributed by atoms with Crippen molar-refractivity contribution in [2.45, 2.75) is 50.9 Å². The summed E-state index contributed by atoms with van der Waals surface area (Å²) in [6, 6.07) is 9.92. The molecule has 1 saturated carbocycles. The zero-order chi connectivity index (χ0) is 12.8. The van der Waals surface area contributed by atoms with Crippen LogP contribution in [0.15, 0.2) is 24.3 Å². The van der Waals surface area contributed by atoms with Crippen molar-refractivity contribution in [2.75, 3.05) is 0 Å². The van der Waals surface area contributed by atoms with Crippen LogP contribution in [0.5, 0.6) is 0 Å². The Kier molecular flexibility index (Phi) is 4.74. The molecule has 0 aromatic heterocycles. The van der Waals surface area contributed by atoms with E-state index < -0.39 is 0 Å². The van der Waals surface area contributed by atoms with Crippen molar-refractivity contribution in [2.24, 2.45) is 5.73 Å². The number of nitrogens with two attached hydrogens (primary N) is 1. The fourth-order valence-electron chi connectivity index (χ4n) is 2.46. The topological polar surface area (TPSA) is 59.0 Å². The summed E-state index contributed by atoms with van der Waals surface area (Å²) in [6.45, 7) is 0.488. The molecule has 2 unspecified atom stereocenters. The minimum atomic E-state index is 0.138. The molecule has 0 heterocycles. The van der Waals surface area contributed by atoms with E-state index in [9.17, 15) is 0 Å². The van der Waals surface area contributed by atoms with Gasteiger partial charge >= 0.3 is 0 Å². The van der Waals surface area contributed by atoms with Gasteiger partial charge in [-0.3, -0.25) is 0 Å². The van der Waals surface area contributed by atoms with Crippen molar-refractivity contribution >= 4 is 0 Å². The molecule has 1 aliphatic rings. The summed E-state index contributed by atoms with van der Waals surface area (Å²) in [7, 11) is 0. The van der Waals surface area contributed by atoms with Crippen LogP contribution in [-0.4, -0.2) is 12.1 Å². The summed E-state index contributed by atoms with van der Waals surface area (Å²) in [5, 5.41) is 9.02. The van der Waals surface area contributed by atoms with E-state index in [0.29, 0.717) is 12.2 Å². The third kappa shape index (κ3) is 3.32. The van der Waals surface area contributed by atoms with Gasteiger partial charge in [0.25, 0.3) is 0 Å². The third-order valence-corrected chi connectivity index (χ3v) is 3.59. The van der Waals surface area contributed by atoms with Gasteiger partial charge in [0.1, 0.15) is 0 Å². The molecule has 0 amide bonds. The van der Waals surface area contributed by atoms with Crippen molar-refractivity contribution in [1.29, 1.82) is 5.26 Å². The number of ether oxygens (including phenoxy) is 1. The molecule has 2 N–H and O–H groups in total. The van der Waals surface area contributed by atoms with Gasteiger partial charge in [-0.15, -0.1) is 0 Å². The zero-order valence-electron chi connectivity index (χ0n) is 10.6. The molecule has 0 bridgehead atoms. The molecule has 18 heavy (non-hydrogen) atoms. The molecule has 2 atom stereocenters. The average Bonchev–Trinajstić information content (AvgIpc) is 2.61. The van der Waals surface area contributed by atoms with Crippen LogP contribution in [0.1, 0.15) is 43.2 Å². The first-order valence-electron chi connectivity index (χ1n) is 6.66. The first-order chi connectivity index (χ1) is 8.81. The largest absolute Gasteiger partial charge is 0.372 e. The molecule has 1 aromatic rings. The van der Waals surface area contributed by atoms with Crippen molar-refractivity contribution in [3.63, 3.8) is 0 Å². The summed E-state index contributed by atoms with van der Waals surface area (Å²) in [4.78, 5) is 0. The summed E-state index contributed by atoms with van der Waals surface area (Å²) in [5.74, 6) is 0. The highest BCUT2D eigenvalue weighted by molar-refractivity contribution is 5.36. The summed E-state index contributed by atoms with van der Waals surface area (Å²) >= 11 is 0. The predicted octanol–water partition coefficient (Wildman–Crippen LogP) is 2.73. The minimum Gasteiger partial charge on any atom is -0.372 e. The van der Waals surface area contributed by atoms with Gasteiger partial charge in [-0.05, 0) is 24.5 Å². The molecule has 0 radical (unpaired) electrons. The van der Waals surface area contributed by atoms with Crippen LogP contribution in [0.25, 0.3) is 0 Å². The minimum absolute atomic E-state index is 0.138. The normalized spacial score (nSPS) is 24.2. The second kappa shape index (κ2) is 6.53. The van der Waals surface area contributed by atoms with Crippen molar-refractivity contribution in [3.05, 3.63) is 35.4 Å². The van der Waals surface area contributed by atoms with Crippen LogP contribution < -0.4 is 5.73 Å². The van der Waals surface area contributed by atoms with E-state index in [-0.39, 0.29) is 12.1 Å². The van der Waals surface area contributed by atoms with Gasteiger partial charge in [0.2, 0.25) is 0 Å². The fourth-order valence-corrected chi connectivity index (χ4v) is 2.46. The number of benzene rings is 1. The molecule has 0 saturated heterocycles. The number of hydrogen-bond donors (Lipinski definition) is 1. The molecule has 3 nitrogen and oxygen atoms in total. The number of nitrogens with zero attached hydrogens (tertiary/aromatic N) is 1.